The van der Waals surface area contributed by atoms with Crippen molar-refractivity contribution in [3.05, 3.63) is 42.6 Å². The Morgan fingerprint density at radius 2 is 1.92 bits per heavy atom. The fraction of sp³-hybridized carbons (Fsp3) is 0.368. The largest absolute Gasteiger partial charge is 0.378 e. The number of rotatable bonds is 5. The van der Waals surface area contributed by atoms with Crippen molar-refractivity contribution in [1.82, 2.24) is 4.98 Å². The molecule has 6 nitrogen and oxygen atoms in total. The summed E-state index contributed by atoms with van der Waals surface area (Å²) in [5, 5.41) is 6.29. The van der Waals surface area contributed by atoms with Crippen molar-refractivity contribution >= 4 is 28.8 Å². The minimum absolute atomic E-state index is 0.0749. The van der Waals surface area contributed by atoms with E-state index in [1.807, 2.05) is 24.3 Å². The number of benzene rings is 1. The van der Waals surface area contributed by atoms with Crippen LogP contribution in [0.4, 0.5) is 22.9 Å². The van der Waals surface area contributed by atoms with E-state index in [-0.39, 0.29) is 11.8 Å². The summed E-state index contributed by atoms with van der Waals surface area (Å²) in [4.78, 5) is 18.4. The van der Waals surface area contributed by atoms with E-state index in [0.29, 0.717) is 5.82 Å². The molecule has 1 aliphatic heterocycles. The molecule has 1 aromatic carbocycles. The van der Waals surface area contributed by atoms with Crippen LogP contribution in [0.25, 0.3) is 0 Å². The lowest BCUT2D eigenvalue weighted by Crippen LogP contribution is -2.36. The molecule has 0 bridgehead atoms. The molecule has 0 spiro atoms. The van der Waals surface area contributed by atoms with Gasteiger partial charge in [0.15, 0.2) is 0 Å². The fourth-order valence-electron chi connectivity index (χ4n) is 2.93. The van der Waals surface area contributed by atoms with Gasteiger partial charge in [-0.15, -0.1) is 0 Å². The molecule has 25 heavy (non-hydrogen) atoms. The monoisotopic (exact) mass is 338 g/mol. The Kier molecular flexibility index (Phi) is 4.52. The van der Waals surface area contributed by atoms with Crippen molar-refractivity contribution in [2.75, 3.05) is 41.8 Å². The summed E-state index contributed by atoms with van der Waals surface area (Å²) in [5.41, 5.74) is 3.10. The van der Waals surface area contributed by atoms with Crippen LogP contribution in [0.3, 0.4) is 0 Å². The van der Waals surface area contributed by atoms with E-state index in [0.717, 1.165) is 56.2 Å². The van der Waals surface area contributed by atoms with Gasteiger partial charge in [0, 0.05) is 19.0 Å². The first kappa shape index (κ1) is 15.9. The number of amides is 1. The quantitative estimate of drug-likeness (QED) is 0.877. The molecule has 0 radical (unpaired) electrons. The summed E-state index contributed by atoms with van der Waals surface area (Å²) < 4.78 is 5.44. The number of aromatic nitrogens is 1. The lowest BCUT2D eigenvalue weighted by Gasteiger charge is -2.30. The van der Waals surface area contributed by atoms with Crippen LogP contribution in [0.1, 0.15) is 12.8 Å². The highest BCUT2D eigenvalue weighted by Gasteiger charge is 2.29. The maximum Gasteiger partial charge on any atom is 0.228 e. The van der Waals surface area contributed by atoms with Gasteiger partial charge in [0.05, 0.1) is 36.5 Å². The number of hydrogen-bond acceptors (Lipinski definition) is 5. The van der Waals surface area contributed by atoms with Crippen molar-refractivity contribution in [1.29, 1.82) is 0 Å². The minimum atomic E-state index is 0.0749. The number of ether oxygens (including phenoxy) is 1. The summed E-state index contributed by atoms with van der Waals surface area (Å²) in [6.07, 6.45) is 3.73. The Morgan fingerprint density at radius 1 is 1.12 bits per heavy atom. The number of pyridine rings is 1. The topological polar surface area (TPSA) is 66.5 Å². The van der Waals surface area contributed by atoms with Crippen LogP contribution in [0.15, 0.2) is 42.6 Å². The van der Waals surface area contributed by atoms with E-state index < -0.39 is 0 Å². The Hall–Kier alpha value is -2.60. The molecule has 1 aromatic heterocycles. The second kappa shape index (κ2) is 7.11. The number of nitrogens with one attached hydrogen (secondary N) is 2. The van der Waals surface area contributed by atoms with Gasteiger partial charge in [-0.2, -0.15) is 0 Å². The van der Waals surface area contributed by atoms with E-state index in [1.165, 1.54) is 0 Å². The first-order valence-electron chi connectivity index (χ1n) is 8.75. The number of anilines is 4. The lowest BCUT2D eigenvalue weighted by atomic mass is 10.2. The first-order chi connectivity index (χ1) is 12.3. The predicted molar refractivity (Wildman–Crippen MR) is 98.3 cm³/mol. The van der Waals surface area contributed by atoms with Crippen molar-refractivity contribution < 1.29 is 9.53 Å². The number of carbonyl (C=O) groups excluding carboxylic acids is 1. The maximum atomic E-state index is 11.8. The van der Waals surface area contributed by atoms with Gasteiger partial charge in [-0.05, 0) is 37.1 Å². The van der Waals surface area contributed by atoms with Crippen molar-refractivity contribution in [2.45, 2.75) is 12.8 Å². The Morgan fingerprint density at radius 3 is 2.64 bits per heavy atom. The number of hydrogen-bond donors (Lipinski definition) is 2. The van der Waals surface area contributed by atoms with Crippen LogP contribution >= 0.6 is 0 Å². The Labute approximate surface area is 147 Å². The van der Waals surface area contributed by atoms with Crippen LogP contribution in [-0.2, 0) is 9.53 Å². The van der Waals surface area contributed by atoms with Crippen molar-refractivity contribution in [3.63, 3.8) is 0 Å². The van der Waals surface area contributed by atoms with Crippen molar-refractivity contribution in [2.24, 2.45) is 5.92 Å². The van der Waals surface area contributed by atoms with Crippen molar-refractivity contribution in [3.8, 4) is 0 Å². The summed E-state index contributed by atoms with van der Waals surface area (Å²) in [6.45, 7) is 3.29. The van der Waals surface area contributed by atoms with Crippen LogP contribution in [0.2, 0.25) is 0 Å². The van der Waals surface area contributed by atoms with E-state index in [4.69, 9.17) is 4.74 Å². The fourth-order valence-corrected chi connectivity index (χ4v) is 2.93. The standard InChI is InChI=1S/C19H22N4O2/c24-19(14-5-6-14)22-18-8-7-15(13-20-18)21-16-3-1-2-4-17(16)23-9-11-25-12-10-23/h1-4,7-8,13-14,21H,5-6,9-12H2,(H,20,22,24). The van der Waals surface area contributed by atoms with Gasteiger partial charge in [0.25, 0.3) is 0 Å². The third kappa shape index (κ3) is 3.91. The van der Waals surface area contributed by atoms with Crippen LogP contribution in [-0.4, -0.2) is 37.2 Å². The van der Waals surface area contributed by atoms with E-state index in [2.05, 4.69) is 32.7 Å². The number of carbonyl (C=O) groups is 1. The molecule has 0 atom stereocenters. The van der Waals surface area contributed by atoms with Crippen LogP contribution < -0.4 is 15.5 Å². The maximum absolute atomic E-state index is 11.8. The Balaban J connectivity index is 1.45. The molecule has 2 aliphatic rings. The normalized spacial score (nSPS) is 17.2. The summed E-state index contributed by atoms with van der Waals surface area (Å²) in [7, 11) is 0. The number of nitrogens with zero attached hydrogens (tertiary/aromatic N) is 2. The van der Waals surface area contributed by atoms with Gasteiger partial charge in [-0.3, -0.25) is 4.79 Å². The third-order valence-corrected chi connectivity index (χ3v) is 4.50. The summed E-state index contributed by atoms with van der Waals surface area (Å²) in [5.74, 6) is 0.856. The third-order valence-electron chi connectivity index (χ3n) is 4.50. The van der Waals surface area contributed by atoms with Gasteiger partial charge in [-0.1, -0.05) is 12.1 Å². The second-order valence-electron chi connectivity index (χ2n) is 6.44. The molecule has 1 amide bonds. The average molecular weight is 338 g/mol. The second-order valence-corrected chi connectivity index (χ2v) is 6.44. The summed E-state index contributed by atoms with van der Waals surface area (Å²) in [6, 6.07) is 12.0. The predicted octanol–water partition coefficient (Wildman–Crippen LogP) is 3.01. The molecule has 1 aliphatic carbocycles. The van der Waals surface area contributed by atoms with Crippen LogP contribution in [0.5, 0.6) is 0 Å². The van der Waals surface area contributed by atoms with Gasteiger partial charge < -0.3 is 20.3 Å². The zero-order valence-electron chi connectivity index (χ0n) is 14.1. The molecule has 1 saturated carbocycles. The zero-order chi connectivity index (χ0) is 17.1. The molecular formula is C19H22N4O2. The van der Waals surface area contributed by atoms with E-state index in [1.54, 1.807) is 6.20 Å². The smallest absolute Gasteiger partial charge is 0.228 e. The van der Waals surface area contributed by atoms with Crippen LogP contribution in [0, 0.1) is 5.92 Å². The lowest BCUT2D eigenvalue weighted by molar-refractivity contribution is -0.117. The molecule has 2 fully saturated rings. The molecule has 0 unspecified atom stereocenters. The molecule has 4 rings (SSSR count). The SMILES string of the molecule is O=C(Nc1ccc(Nc2ccccc2N2CCOCC2)cn1)C1CC1. The number of para-hydroxylation sites is 2. The molecule has 6 heteroatoms. The van der Waals surface area contributed by atoms with E-state index >= 15 is 0 Å². The molecule has 2 aromatic rings. The summed E-state index contributed by atoms with van der Waals surface area (Å²) >= 11 is 0. The van der Waals surface area contributed by atoms with Gasteiger partial charge in [0.2, 0.25) is 5.91 Å². The molecule has 130 valence electrons. The average Bonchev–Trinajstić information content (AvgIpc) is 3.50. The highest BCUT2D eigenvalue weighted by molar-refractivity contribution is 5.93. The first-order valence-corrected chi connectivity index (χ1v) is 8.75. The van der Waals surface area contributed by atoms with Gasteiger partial charge in [-0.25, -0.2) is 4.98 Å². The number of morpholine rings is 1. The molecule has 2 heterocycles. The molecule has 2 N–H and O–H groups in total. The highest BCUT2D eigenvalue weighted by Crippen LogP contribution is 2.31. The van der Waals surface area contributed by atoms with Gasteiger partial charge in [0.1, 0.15) is 5.82 Å². The Bertz CT molecular complexity index is 737. The van der Waals surface area contributed by atoms with E-state index in [9.17, 15) is 4.79 Å². The van der Waals surface area contributed by atoms with Gasteiger partial charge >= 0.3 is 0 Å². The molecular weight excluding hydrogens is 316 g/mol. The molecule has 1 saturated heterocycles. The minimum Gasteiger partial charge on any atom is -0.378 e. The zero-order valence-corrected chi connectivity index (χ0v) is 14.1. The highest BCUT2D eigenvalue weighted by atomic mass is 16.5.